The predicted molar refractivity (Wildman–Crippen MR) is 168 cm³/mol. The summed E-state index contributed by atoms with van der Waals surface area (Å²) in [5.74, 6) is -0.557. The highest BCUT2D eigenvalue weighted by atomic mass is 35.5. The Hall–Kier alpha value is -3.17. The van der Waals surface area contributed by atoms with Crippen molar-refractivity contribution in [2.24, 2.45) is 0 Å². The summed E-state index contributed by atoms with van der Waals surface area (Å²) in [7, 11) is 0. The Morgan fingerprint density at radius 1 is 1.00 bits per heavy atom. The second kappa shape index (κ2) is 13.7. The van der Waals surface area contributed by atoms with Gasteiger partial charge in [-0.25, -0.2) is 0 Å². The second-order valence-corrected chi connectivity index (χ2v) is 11.4. The molecule has 0 saturated carbocycles. The van der Waals surface area contributed by atoms with Gasteiger partial charge in [-0.05, 0) is 80.6 Å². The van der Waals surface area contributed by atoms with E-state index in [0.29, 0.717) is 32.1 Å². The zero-order valence-corrected chi connectivity index (χ0v) is 25.8. The van der Waals surface area contributed by atoms with Gasteiger partial charge in [0.15, 0.2) is 0 Å². The fraction of sp³-hybridized carbons (Fsp3) is 0.233. The quantitative estimate of drug-likeness (QED) is 0.228. The first-order chi connectivity index (χ1) is 19.6. The van der Waals surface area contributed by atoms with E-state index in [4.69, 9.17) is 39.5 Å². The predicted octanol–water partition coefficient (Wildman–Crippen LogP) is 8.06. The summed E-state index contributed by atoms with van der Waals surface area (Å²) in [6.45, 7) is 7.31. The van der Waals surface area contributed by atoms with Gasteiger partial charge in [-0.3, -0.25) is 19.3 Å². The van der Waals surface area contributed by atoms with E-state index in [1.165, 1.54) is 0 Å². The average Bonchev–Trinajstić information content (AvgIpc) is 3.19. The van der Waals surface area contributed by atoms with Crippen LogP contribution in [0.25, 0.3) is 6.08 Å². The zero-order valence-electron chi connectivity index (χ0n) is 22.7. The Morgan fingerprint density at radius 2 is 1.76 bits per heavy atom. The normalized spacial score (nSPS) is 14.1. The lowest BCUT2D eigenvalue weighted by Crippen LogP contribution is -2.36. The first kappa shape index (κ1) is 30.8. The van der Waals surface area contributed by atoms with E-state index in [1.807, 2.05) is 25.1 Å². The number of thioether (sulfide) groups is 1. The van der Waals surface area contributed by atoms with Crippen molar-refractivity contribution in [2.45, 2.75) is 27.4 Å². The number of hydrogen-bond acceptors (Lipinski definition) is 6. The van der Waals surface area contributed by atoms with Crippen LogP contribution in [0.4, 0.5) is 16.2 Å². The van der Waals surface area contributed by atoms with Crippen LogP contribution in [0.3, 0.4) is 0 Å². The van der Waals surface area contributed by atoms with Crippen molar-refractivity contribution in [3.05, 3.63) is 91.3 Å². The Balaban J connectivity index is 1.55. The van der Waals surface area contributed by atoms with Crippen LogP contribution in [0.5, 0.6) is 5.75 Å². The molecule has 1 aliphatic heterocycles. The van der Waals surface area contributed by atoms with Gasteiger partial charge in [0.25, 0.3) is 11.1 Å². The van der Waals surface area contributed by atoms with Gasteiger partial charge in [0.05, 0.1) is 4.91 Å². The highest BCUT2D eigenvalue weighted by Gasteiger charge is 2.36. The molecule has 0 aliphatic carbocycles. The lowest BCUT2D eigenvalue weighted by molar-refractivity contribution is -0.127. The summed E-state index contributed by atoms with van der Waals surface area (Å²) >= 11 is 19.3. The summed E-state index contributed by atoms with van der Waals surface area (Å²) in [6, 6.07) is 15.9. The van der Waals surface area contributed by atoms with E-state index in [-0.39, 0.29) is 11.5 Å². The smallest absolute Gasteiger partial charge is 0.294 e. The van der Waals surface area contributed by atoms with E-state index < -0.39 is 23.6 Å². The van der Waals surface area contributed by atoms with Crippen molar-refractivity contribution in [1.82, 2.24) is 4.90 Å². The number of carbonyl (C=O) groups is 3. The summed E-state index contributed by atoms with van der Waals surface area (Å²) in [5.41, 5.74) is 3.64. The number of halogens is 3. The number of nitrogens with zero attached hydrogens (tertiary/aromatic N) is 2. The van der Waals surface area contributed by atoms with Gasteiger partial charge in [0, 0.05) is 56.7 Å². The Morgan fingerprint density at radius 3 is 2.44 bits per heavy atom. The molecule has 0 atom stereocenters. The van der Waals surface area contributed by atoms with Crippen molar-refractivity contribution in [2.75, 3.05) is 29.9 Å². The summed E-state index contributed by atoms with van der Waals surface area (Å²) < 4.78 is 6.18. The molecule has 0 unspecified atom stereocenters. The van der Waals surface area contributed by atoms with E-state index in [1.54, 1.807) is 42.5 Å². The standard InChI is InChI=1S/C30H28Cl3N3O4S/c1-4-35(5-2)23-11-8-19(26(15-23)40-17-20-7-9-21(31)13-25(20)33)12-27-29(38)36(30(39)41-27)16-28(37)34-22-10-6-18(3)24(32)14-22/h6-15H,4-5,16-17H2,1-3H3,(H,34,37)/b27-12+. The van der Waals surface area contributed by atoms with E-state index in [0.717, 1.165) is 46.6 Å². The SMILES string of the molecule is CCN(CC)c1ccc(/C=C2/SC(=O)N(CC(=O)Nc3ccc(C)c(Cl)c3)C2=O)c(OCc2ccc(Cl)cc2Cl)c1. The van der Waals surface area contributed by atoms with Crippen molar-refractivity contribution in [3.8, 4) is 5.75 Å². The monoisotopic (exact) mass is 631 g/mol. The molecular formula is C30H28Cl3N3O4S. The molecule has 0 spiro atoms. The number of hydrogen-bond donors (Lipinski definition) is 1. The fourth-order valence-corrected chi connectivity index (χ4v) is 5.61. The molecule has 0 aromatic heterocycles. The number of rotatable bonds is 10. The van der Waals surface area contributed by atoms with Crippen molar-refractivity contribution in [1.29, 1.82) is 0 Å². The zero-order chi connectivity index (χ0) is 29.7. The number of aryl methyl sites for hydroxylation is 1. The van der Waals surface area contributed by atoms with Crippen LogP contribution in [-0.4, -0.2) is 41.6 Å². The molecule has 1 aliphatic rings. The number of benzene rings is 3. The van der Waals surface area contributed by atoms with Crippen LogP contribution in [-0.2, 0) is 16.2 Å². The molecular weight excluding hydrogens is 605 g/mol. The molecule has 1 saturated heterocycles. The molecule has 4 rings (SSSR count). The van der Waals surface area contributed by atoms with Crippen molar-refractivity contribution >= 4 is 81.1 Å². The average molecular weight is 633 g/mol. The molecule has 1 fully saturated rings. The Kier molecular flexibility index (Phi) is 10.3. The third kappa shape index (κ3) is 7.57. The number of amides is 3. The van der Waals surface area contributed by atoms with Gasteiger partial charge in [-0.2, -0.15) is 0 Å². The van der Waals surface area contributed by atoms with E-state index in [9.17, 15) is 14.4 Å². The highest BCUT2D eigenvalue weighted by molar-refractivity contribution is 8.18. The summed E-state index contributed by atoms with van der Waals surface area (Å²) in [5, 5.41) is 3.65. The summed E-state index contributed by atoms with van der Waals surface area (Å²) in [4.78, 5) is 41.8. The Bertz CT molecular complexity index is 1520. The van der Waals surface area contributed by atoms with Crippen LogP contribution in [0.15, 0.2) is 59.5 Å². The molecule has 3 amide bonds. The number of carbonyl (C=O) groups excluding carboxylic acids is 3. The molecule has 0 bridgehead atoms. The molecule has 214 valence electrons. The van der Waals surface area contributed by atoms with Crippen molar-refractivity contribution < 1.29 is 19.1 Å². The fourth-order valence-electron chi connectivity index (χ4n) is 4.14. The Labute approximate surface area is 258 Å². The maximum atomic E-state index is 13.2. The van der Waals surface area contributed by atoms with Gasteiger partial charge in [-0.15, -0.1) is 0 Å². The maximum Gasteiger partial charge on any atom is 0.294 e. The largest absolute Gasteiger partial charge is 0.488 e. The van der Waals surface area contributed by atoms with Crippen LogP contribution in [0, 0.1) is 6.92 Å². The molecule has 7 nitrogen and oxygen atoms in total. The number of anilines is 2. The highest BCUT2D eigenvalue weighted by Crippen LogP contribution is 2.36. The van der Waals surface area contributed by atoms with Gasteiger partial charge in [0.1, 0.15) is 18.9 Å². The lowest BCUT2D eigenvalue weighted by Gasteiger charge is -2.22. The minimum atomic E-state index is -0.559. The van der Waals surface area contributed by atoms with Gasteiger partial charge in [0.2, 0.25) is 5.91 Å². The molecule has 0 radical (unpaired) electrons. The van der Waals surface area contributed by atoms with E-state index >= 15 is 0 Å². The molecule has 1 N–H and O–H groups in total. The first-order valence-corrected chi connectivity index (χ1v) is 14.8. The minimum absolute atomic E-state index is 0.170. The molecule has 3 aromatic rings. The number of nitrogens with one attached hydrogen (secondary N) is 1. The van der Waals surface area contributed by atoms with Crippen LogP contribution < -0.4 is 15.0 Å². The summed E-state index contributed by atoms with van der Waals surface area (Å²) in [6.07, 6.45) is 1.60. The van der Waals surface area contributed by atoms with Gasteiger partial charge < -0.3 is 15.0 Å². The van der Waals surface area contributed by atoms with Crippen molar-refractivity contribution in [3.63, 3.8) is 0 Å². The van der Waals surface area contributed by atoms with Gasteiger partial charge in [-0.1, -0.05) is 46.9 Å². The van der Waals surface area contributed by atoms with Crippen LogP contribution >= 0.6 is 46.6 Å². The molecule has 1 heterocycles. The first-order valence-electron chi connectivity index (χ1n) is 12.9. The van der Waals surface area contributed by atoms with E-state index in [2.05, 4.69) is 24.1 Å². The maximum absolute atomic E-state index is 13.2. The topological polar surface area (TPSA) is 79.0 Å². The third-order valence-corrected chi connectivity index (χ3v) is 8.34. The number of ether oxygens (including phenoxy) is 1. The lowest BCUT2D eigenvalue weighted by atomic mass is 10.1. The van der Waals surface area contributed by atoms with Crippen LogP contribution in [0.2, 0.25) is 15.1 Å². The third-order valence-electron chi connectivity index (χ3n) is 6.44. The second-order valence-electron chi connectivity index (χ2n) is 9.20. The molecule has 3 aromatic carbocycles. The van der Waals surface area contributed by atoms with Crippen LogP contribution in [0.1, 0.15) is 30.5 Å². The minimum Gasteiger partial charge on any atom is -0.488 e. The molecule has 41 heavy (non-hydrogen) atoms. The number of imide groups is 1. The van der Waals surface area contributed by atoms with Gasteiger partial charge >= 0.3 is 0 Å². The molecule has 11 heteroatoms.